The zero-order valence-corrected chi connectivity index (χ0v) is 11.2. The third kappa shape index (κ3) is 3.13. The highest BCUT2D eigenvalue weighted by Crippen LogP contribution is 2.36. The minimum atomic E-state index is -0.179. The number of methoxy groups -OCH3 is 1. The highest BCUT2D eigenvalue weighted by Gasteiger charge is 2.32. The van der Waals surface area contributed by atoms with Crippen LogP contribution in [0.5, 0.6) is 0 Å². The first-order valence-electron chi connectivity index (χ1n) is 6.19. The van der Waals surface area contributed by atoms with Crippen molar-refractivity contribution < 1.29 is 9.53 Å². The zero-order chi connectivity index (χ0) is 12.3. The van der Waals surface area contributed by atoms with Crippen molar-refractivity contribution in [3.63, 3.8) is 0 Å². The van der Waals surface area contributed by atoms with E-state index in [9.17, 15) is 4.79 Å². The lowest BCUT2D eigenvalue weighted by Gasteiger charge is -2.39. The number of carbonyl (C=O) groups excluding carboxylic acids is 1. The van der Waals surface area contributed by atoms with Gasteiger partial charge in [0.2, 0.25) is 0 Å². The molecule has 0 saturated carbocycles. The average Bonchev–Trinajstić information content (AvgIpc) is 2.26. The van der Waals surface area contributed by atoms with E-state index < -0.39 is 0 Å². The van der Waals surface area contributed by atoms with Gasteiger partial charge in [-0.1, -0.05) is 27.7 Å². The van der Waals surface area contributed by atoms with Crippen molar-refractivity contribution in [3.05, 3.63) is 0 Å². The van der Waals surface area contributed by atoms with E-state index in [-0.39, 0.29) is 6.09 Å². The minimum Gasteiger partial charge on any atom is -0.453 e. The summed E-state index contributed by atoms with van der Waals surface area (Å²) in [7, 11) is 1.45. The second kappa shape index (κ2) is 5.07. The lowest BCUT2D eigenvalue weighted by Crippen LogP contribution is -2.41. The van der Waals surface area contributed by atoms with Crippen LogP contribution in [0.2, 0.25) is 0 Å². The first-order chi connectivity index (χ1) is 7.36. The Bertz CT molecular complexity index is 237. The van der Waals surface area contributed by atoms with Crippen LogP contribution >= 0.6 is 0 Å². The van der Waals surface area contributed by atoms with Crippen LogP contribution in [0.25, 0.3) is 0 Å². The molecule has 1 atom stereocenters. The van der Waals surface area contributed by atoms with E-state index in [0.29, 0.717) is 11.3 Å². The van der Waals surface area contributed by atoms with Crippen molar-refractivity contribution in [2.45, 2.75) is 40.5 Å². The molecule has 16 heavy (non-hydrogen) atoms. The largest absolute Gasteiger partial charge is 0.453 e. The van der Waals surface area contributed by atoms with Crippen molar-refractivity contribution in [3.8, 4) is 0 Å². The Hall–Kier alpha value is -0.730. The van der Waals surface area contributed by atoms with Crippen molar-refractivity contribution in [2.24, 2.45) is 17.3 Å². The van der Waals surface area contributed by atoms with Gasteiger partial charge in [-0.3, -0.25) is 0 Å². The first-order valence-corrected chi connectivity index (χ1v) is 6.19. The fraction of sp³-hybridized carbons (Fsp3) is 0.923. The van der Waals surface area contributed by atoms with Crippen LogP contribution in [0.3, 0.4) is 0 Å². The number of carbonyl (C=O) groups is 1. The summed E-state index contributed by atoms with van der Waals surface area (Å²) in [4.78, 5) is 13.2. The van der Waals surface area contributed by atoms with E-state index in [4.69, 9.17) is 4.74 Å². The lowest BCUT2D eigenvalue weighted by atomic mass is 9.71. The smallest absolute Gasteiger partial charge is 0.409 e. The maximum atomic E-state index is 11.3. The SMILES string of the molecule is COC(=O)N1CCC(C(C)C(C)(C)C)CC1. The third-order valence-corrected chi connectivity index (χ3v) is 4.05. The number of hydrogen-bond acceptors (Lipinski definition) is 2. The van der Waals surface area contributed by atoms with Crippen molar-refractivity contribution >= 4 is 6.09 Å². The van der Waals surface area contributed by atoms with Crippen LogP contribution in [-0.4, -0.2) is 31.2 Å². The Balaban J connectivity index is 2.46. The monoisotopic (exact) mass is 227 g/mol. The number of likely N-dealkylation sites (tertiary alicyclic amines) is 1. The van der Waals surface area contributed by atoms with Crippen LogP contribution in [0.15, 0.2) is 0 Å². The van der Waals surface area contributed by atoms with Gasteiger partial charge in [-0.05, 0) is 30.1 Å². The normalized spacial score (nSPS) is 20.7. The van der Waals surface area contributed by atoms with Crippen LogP contribution in [0.1, 0.15) is 40.5 Å². The van der Waals surface area contributed by atoms with Gasteiger partial charge in [0.05, 0.1) is 7.11 Å². The van der Waals surface area contributed by atoms with Gasteiger partial charge >= 0.3 is 6.09 Å². The number of piperidine rings is 1. The fourth-order valence-corrected chi connectivity index (χ4v) is 2.42. The van der Waals surface area contributed by atoms with Gasteiger partial charge in [0.25, 0.3) is 0 Å². The molecule has 3 heteroatoms. The first kappa shape index (κ1) is 13.3. The lowest BCUT2D eigenvalue weighted by molar-refractivity contribution is 0.0783. The molecule has 0 aliphatic carbocycles. The summed E-state index contributed by atoms with van der Waals surface area (Å²) < 4.78 is 4.74. The summed E-state index contributed by atoms with van der Waals surface area (Å²) in [6.07, 6.45) is 2.03. The Morgan fingerprint density at radius 3 is 2.19 bits per heavy atom. The molecule has 0 spiro atoms. The molecule has 0 aromatic carbocycles. The second-order valence-electron chi connectivity index (χ2n) is 5.95. The summed E-state index contributed by atoms with van der Waals surface area (Å²) in [6.45, 7) is 10.9. The van der Waals surface area contributed by atoms with Gasteiger partial charge in [0, 0.05) is 13.1 Å². The van der Waals surface area contributed by atoms with Crippen molar-refractivity contribution in [2.75, 3.05) is 20.2 Å². The Labute approximate surface area is 99.1 Å². The summed E-state index contributed by atoms with van der Waals surface area (Å²) in [5.74, 6) is 1.44. The molecule has 0 bridgehead atoms. The number of rotatable bonds is 1. The number of amides is 1. The molecular formula is C13H25NO2. The topological polar surface area (TPSA) is 29.5 Å². The van der Waals surface area contributed by atoms with E-state index >= 15 is 0 Å². The summed E-state index contributed by atoms with van der Waals surface area (Å²) in [5.41, 5.74) is 0.359. The molecule has 1 rings (SSSR count). The molecule has 0 aromatic heterocycles. The standard InChI is InChI=1S/C13H25NO2/c1-10(13(2,3)4)11-6-8-14(9-7-11)12(15)16-5/h10-11H,6-9H2,1-5H3. The predicted octanol–water partition coefficient (Wildman–Crippen LogP) is 3.15. The third-order valence-electron chi connectivity index (χ3n) is 4.05. The molecule has 1 unspecified atom stereocenters. The molecule has 1 saturated heterocycles. The van der Waals surface area contributed by atoms with E-state index in [2.05, 4.69) is 27.7 Å². The quantitative estimate of drug-likeness (QED) is 0.688. The van der Waals surface area contributed by atoms with Gasteiger partial charge in [-0.15, -0.1) is 0 Å². The molecule has 1 aliphatic rings. The van der Waals surface area contributed by atoms with Crippen molar-refractivity contribution in [1.82, 2.24) is 4.90 Å². The average molecular weight is 227 g/mol. The molecule has 3 nitrogen and oxygen atoms in total. The molecule has 0 N–H and O–H groups in total. The second-order valence-corrected chi connectivity index (χ2v) is 5.95. The maximum absolute atomic E-state index is 11.3. The predicted molar refractivity (Wildman–Crippen MR) is 65.3 cm³/mol. The molecule has 1 amide bonds. The van der Waals surface area contributed by atoms with Crippen LogP contribution in [0.4, 0.5) is 4.79 Å². The molecule has 1 aliphatic heterocycles. The highest BCUT2D eigenvalue weighted by atomic mass is 16.5. The van der Waals surface area contributed by atoms with E-state index in [1.54, 1.807) is 0 Å². The highest BCUT2D eigenvalue weighted by molar-refractivity contribution is 5.67. The molecule has 0 radical (unpaired) electrons. The molecule has 1 heterocycles. The van der Waals surface area contributed by atoms with Gasteiger partial charge in [0.1, 0.15) is 0 Å². The summed E-state index contributed by atoms with van der Waals surface area (Å²) in [5, 5.41) is 0. The molecular weight excluding hydrogens is 202 g/mol. The Morgan fingerprint density at radius 2 is 1.81 bits per heavy atom. The number of hydrogen-bond donors (Lipinski definition) is 0. The number of nitrogens with zero attached hydrogens (tertiary/aromatic N) is 1. The molecule has 94 valence electrons. The number of ether oxygens (including phenoxy) is 1. The minimum absolute atomic E-state index is 0.179. The molecule has 0 aromatic rings. The van der Waals surface area contributed by atoms with Gasteiger partial charge < -0.3 is 9.64 Å². The van der Waals surface area contributed by atoms with E-state index in [1.807, 2.05) is 4.90 Å². The van der Waals surface area contributed by atoms with Crippen LogP contribution in [0, 0.1) is 17.3 Å². The van der Waals surface area contributed by atoms with Gasteiger partial charge in [0.15, 0.2) is 0 Å². The van der Waals surface area contributed by atoms with E-state index in [1.165, 1.54) is 7.11 Å². The van der Waals surface area contributed by atoms with Crippen LogP contribution in [-0.2, 0) is 4.74 Å². The molecule has 1 fully saturated rings. The summed E-state index contributed by atoms with van der Waals surface area (Å²) >= 11 is 0. The van der Waals surface area contributed by atoms with Gasteiger partial charge in [-0.2, -0.15) is 0 Å². The Morgan fingerprint density at radius 1 is 1.31 bits per heavy atom. The van der Waals surface area contributed by atoms with Crippen LogP contribution < -0.4 is 0 Å². The van der Waals surface area contributed by atoms with E-state index in [0.717, 1.165) is 31.8 Å². The van der Waals surface area contributed by atoms with Gasteiger partial charge in [-0.25, -0.2) is 4.79 Å². The Kier molecular flexibility index (Phi) is 4.22. The maximum Gasteiger partial charge on any atom is 0.409 e. The zero-order valence-electron chi connectivity index (χ0n) is 11.2. The fourth-order valence-electron chi connectivity index (χ4n) is 2.42. The van der Waals surface area contributed by atoms with Crippen molar-refractivity contribution in [1.29, 1.82) is 0 Å². The summed E-state index contributed by atoms with van der Waals surface area (Å²) in [6, 6.07) is 0.